The van der Waals surface area contributed by atoms with Crippen molar-refractivity contribution in [1.82, 2.24) is 14.5 Å². The fourth-order valence-electron chi connectivity index (χ4n) is 1.26. The second kappa shape index (κ2) is 3.81. The van der Waals surface area contributed by atoms with Gasteiger partial charge in [-0.1, -0.05) is 0 Å². The van der Waals surface area contributed by atoms with E-state index in [0.29, 0.717) is 13.6 Å². The molecule has 0 saturated carbocycles. The Labute approximate surface area is 105 Å². The van der Waals surface area contributed by atoms with Crippen LogP contribution in [0.5, 0.6) is 0 Å². The van der Waals surface area contributed by atoms with Crippen molar-refractivity contribution in [3.63, 3.8) is 0 Å². The van der Waals surface area contributed by atoms with Crippen LogP contribution in [0.15, 0.2) is 10.8 Å². The summed E-state index contributed by atoms with van der Waals surface area (Å²) in [5.41, 5.74) is 5.73. The van der Waals surface area contributed by atoms with Crippen molar-refractivity contribution in [2.75, 3.05) is 5.73 Å². The molecule has 0 bridgehead atoms. The lowest BCUT2D eigenvalue weighted by molar-refractivity contribution is 0.0719. The molecule has 2 rings (SSSR count). The summed E-state index contributed by atoms with van der Waals surface area (Å²) < 4.78 is 27.1. The predicted molar refractivity (Wildman–Crippen MR) is 63.6 cm³/mol. The van der Waals surface area contributed by atoms with Gasteiger partial charge in [0.05, 0.1) is 9.86 Å². The van der Waals surface area contributed by atoms with E-state index in [1.54, 1.807) is 22.6 Å². The number of nitrogens with two attached hydrogens (primary N) is 1. The molecule has 2 aromatic heterocycles. The van der Waals surface area contributed by atoms with Crippen LogP contribution in [0.25, 0.3) is 11.0 Å². The molecule has 2 aromatic rings. The van der Waals surface area contributed by atoms with Gasteiger partial charge in [0.15, 0.2) is 5.65 Å². The Morgan fingerprint density at radius 1 is 1.47 bits per heavy atom. The third-order valence-electron chi connectivity index (χ3n) is 1.89. The van der Waals surface area contributed by atoms with E-state index < -0.39 is 6.55 Å². The number of fused-ring (bicyclic) bond motifs is 1. The summed E-state index contributed by atoms with van der Waals surface area (Å²) in [5, 5.41) is 0.419. The van der Waals surface area contributed by atoms with Gasteiger partial charge in [-0.05, 0) is 38.5 Å². The molecule has 0 saturated heterocycles. The van der Waals surface area contributed by atoms with Crippen LogP contribution in [-0.2, 0) is 0 Å². The van der Waals surface area contributed by atoms with Gasteiger partial charge in [-0.2, -0.15) is 8.78 Å². The predicted octanol–water partition coefficient (Wildman–Crippen LogP) is 2.78. The molecule has 0 aromatic carbocycles. The molecular weight excluding hydrogens is 385 g/mol. The zero-order valence-corrected chi connectivity index (χ0v) is 10.8. The average Bonchev–Trinajstić information content (AvgIpc) is 2.41. The summed E-state index contributed by atoms with van der Waals surface area (Å²) in [6.07, 6.45) is 1.17. The maximum absolute atomic E-state index is 12.7. The van der Waals surface area contributed by atoms with Gasteiger partial charge in [-0.3, -0.25) is 4.57 Å². The summed E-state index contributed by atoms with van der Waals surface area (Å²) in [6.45, 7) is -2.65. The minimum Gasteiger partial charge on any atom is -0.383 e. The van der Waals surface area contributed by atoms with Crippen LogP contribution in [0.2, 0.25) is 0 Å². The van der Waals surface area contributed by atoms with E-state index in [9.17, 15) is 8.78 Å². The minimum absolute atomic E-state index is 0.133. The maximum Gasteiger partial charge on any atom is 0.320 e. The Kier molecular flexibility index (Phi) is 2.79. The average molecular weight is 389 g/mol. The van der Waals surface area contributed by atoms with Crippen LogP contribution in [0, 0.1) is 3.70 Å². The van der Waals surface area contributed by atoms with Gasteiger partial charge in [0.25, 0.3) is 0 Å². The highest BCUT2D eigenvalue weighted by atomic mass is 127. The van der Waals surface area contributed by atoms with E-state index in [2.05, 4.69) is 25.9 Å². The Morgan fingerprint density at radius 2 is 2.13 bits per heavy atom. The van der Waals surface area contributed by atoms with Crippen LogP contribution in [0.4, 0.5) is 14.6 Å². The van der Waals surface area contributed by atoms with Crippen LogP contribution < -0.4 is 5.73 Å². The van der Waals surface area contributed by atoms with E-state index in [0.717, 1.165) is 4.57 Å². The number of nitrogens with zero attached hydrogens (tertiary/aromatic N) is 3. The van der Waals surface area contributed by atoms with Crippen LogP contribution in [0.1, 0.15) is 6.55 Å². The number of hydrogen-bond donors (Lipinski definition) is 1. The number of rotatable bonds is 1. The topological polar surface area (TPSA) is 56.7 Å². The van der Waals surface area contributed by atoms with Crippen molar-refractivity contribution in [1.29, 1.82) is 0 Å². The number of nitrogen functional groups attached to an aromatic ring is 1. The third-order valence-corrected chi connectivity index (χ3v) is 4.46. The van der Waals surface area contributed by atoms with E-state index in [1.165, 1.54) is 6.33 Å². The Balaban J connectivity index is 2.94. The molecule has 0 fully saturated rings. The van der Waals surface area contributed by atoms with Crippen LogP contribution >= 0.6 is 38.5 Å². The second-order valence-electron chi connectivity index (χ2n) is 2.71. The summed E-state index contributed by atoms with van der Waals surface area (Å²) >= 11 is 5.00. The van der Waals surface area contributed by atoms with Crippen LogP contribution in [0.3, 0.4) is 0 Å². The first-order chi connectivity index (χ1) is 7.04. The van der Waals surface area contributed by atoms with Gasteiger partial charge in [0, 0.05) is 0 Å². The fraction of sp³-hybridized carbons (Fsp3) is 0.143. The van der Waals surface area contributed by atoms with Gasteiger partial charge in [0.2, 0.25) is 0 Å². The first-order valence-corrected chi connectivity index (χ1v) is 5.64. The molecule has 0 aliphatic carbocycles. The number of alkyl halides is 2. The summed E-state index contributed by atoms with van der Waals surface area (Å²) in [6, 6.07) is 0. The van der Waals surface area contributed by atoms with Crippen molar-refractivity contribution < 1.29 is 8.78 Å². The molecule has 8 heteroatoms. The maximum atomic E-state index is 12.7. The zero-order chi connectivity index (χ0) is 11.2. The Hall–Kier alpha value is -0.510. The molecule has 0 unspecified atom stereocenters. The Bertz CT molecular complexity index is 527. The number of halogens is 4. The van der Waals surface area contributed by atoms with E-state index in [4.69, 9.17) is 5.73 Å². The van der Waals surface area contributed by atoms with E-state index in [-0.39, 0.29) is 11.5 Å². The monoisotopic (exact) mass is 388 g/mol. The van der Waals surface area contributed by atoms with Crippen molar-refractivity contribution in [2.45, 2.75) is 6.55 Å². The Morgan fingerprint density at radius 3 is 2.73 bits per heavy atom. The molecule has 0 atom stereocenters. The molecule has 0 amide bonds. The highest BCUT2D eigenvalue weighted by Crippen LogP contribution is 2.36. The summed E-state index contributed by atoms with van der Waals surface area (Å²) in [7, 11) is 0. The van der Waals surface area contributed by atoms with Gasteiger partial charge in [0.1, 0.15) is 15.8 Å². The molecule has 0 aliphatic heterocycles. The number of anilines is 1. The summed E-state index contributed by atoms with van der Waals surface area (Å²) in [4.78, 5) is 7.56. The van der Waals surface area contributed by atoms with Crippen molar-refractivity contribution in [3.8, 4) is 0 Å². The van der Waals surface area contributed by atoms with Gasteiger partial charge in [-0.15, -0.1) is 0 Å². The molecular formula is C7H4BrF2IN4. The van der Waals surface area contributed by atoms with Gasteiger partial charge >= 0.3 is 6.55 Å². The van der Waals surface area contributed by atoms with Crippen molar-refractivity contribution >= 4 is 55.4 Å². The number of aromatic nitrogens is 3. The molecule has 15 heavy (non-hydrogen) atoms. The highest BCUT2D eigenvalue weighted by Gasteiger charge is 2.21. The smallest absolute Gasteiger partial charge is 0.320 e. The molecule has 0 radical (unpaired) electrons. The molecule has 2 N–H and O–H groups in total. The first kappa shape index (κ1) is 11.0. The molecule has 0 aliphatic rings. The van der Waals surface area contributed by atoms with Crippen LogP contribution in [-0.4, -0.2) is 14.5 Å². The molecule has 80 valence electrons. The second-order valence-corrected chi connectivity index (χ2v) is 4.52. The lowest BCUT2D eigenvalue weighted by atomic mass is 10.4. The fourth-order valence-corrected chi connectivity index (χ4v) is 2.54. The quantitative estimate of drug-likeness (QED) is 0.764. The lowest BCUT2D eigenvalue weighted by Crippen LogP contribution is -2.02. The third kappa shape index (κ3) is 1.59. The lowest BCUT2D eigenvalue weighted by Gasteiger charge is -2.03. The first-order valence-electron chi connectivity index (χ1n) is 3.77. The molecule has 0 spiro atoms. The minimum atomic E-state index is -2.65. The zero-order valence-electron chi connectivity index (χ0n) is 7.09. The summed E-state index contributed by atoms with van der Waals surface area (Å²) in [5.74, 6) is 0.184. The molecule has 2 heterocycles. The van der Waals surface area contributed by atoms with Crippen molar-refractivity contribution in [3.05, 3.63) is 14.5 Å². The normalized spacial score (nSPS) is 11.5. The van der Waals surface area contributed by atoms with Gasteiger partial charge < -0.3 is 5.73 Å². The molecule has 4 nitrogen and oxygen atoms in total. The highest BCUT2D eigenvalue weighted by molar-refractivity contribution is 14.1. The van der Waals surface area contributed by atoms with E-state index in [1.807, 2.05) is 0 Å². The van der Waals surface area contributed by atoms with Gasteiger partial charge in [-0.25, -0.2) is 9.97 Å². The van der Waals surface area contributed by atoms with E-state index >= 15 is 0 Å². The standard InChI is InChI=1S/C7H4BrF2IN4/c8-3-2-5(12)13-1-14-6(2)15(4(3)11)7(9)10/h1,7H,(H2,12,13,14). The van der Waals surface area contributed by atoms with Crippen molar-refractivity contribution in [2.24, 2.45) is 0 Å². The largest absolute Gasteiger partial charge is 0.383 e. The number of hydrogen-bond acceptors (Lipinski definition) is 3. The SMILES string of the molecule is Nc1ncnc2c1c(Br)c(I)n2C(F)F.